The summed E-state index contributed by atoms with van der Waals surface area (Å²) in [6.07, 6.45) is -4.15. The quantitative estimate of drug-likeness (QED) is 0.811. The average molecular weight is 318 g/mol. The molecule has 18 heavy (non-hydrogen) atoms. The van der Waals surface area contributed by atoms with E-state index in [0.29, 0.717) is 16.8 Å². The summed E-state index contributed by atoms with van der Waals surface area (Å²) >= 11 is 12.2. The highest BCUT2D eigenvalue weighted by atomic mass is 35.5. The van der Waals surface area contributed by atoms with E-state index in [9.17, 15) is 13.2 Å². The van der Waals surface area contributed by atoms with E-state index in [1.54, 1.807) is 6.92 Å². The van der Waals surface area contributed by atoms with E-state index in [4.69, 9.17) is 28.9 Å². The number of rotatable bonds is 4. The molecule has 0 saturated heterocycles. The number of thioether (sulfide) groups is 1. The van der Waals surface area contributed by atoms with E-state index < -0.39 is 17.5 Å². The molecule has 0 bridgehead atoms. The van der Waals surface area contributed by atoms with Gasteiger partial charge in [0.2, 0.25) is 0 Å². The molecular formula is C11H12Cl2F3NS. The molecule has 1 aromatic rings. The lowest BCUT2D eigenvalue weighted by Crippen LogP contribution is -2.42. The molecule has 2 N–H and O–H groups in total. The molecule has 0 aliphatic carbocycles. The standard InChI is InChI=1S/C11H12Cl2F3NS/c1-2-8(17)10(11(14,15)16)18-9-5-6(12)3-4-7(9)13/h3-5,8,10H,2,17H2,1H3. The lowest BCUT2D eigenvalue weighted by atomic mass is 10.1. The van der Waals surface area contributed by atoms with E-state index in [1.807, 2.05) is 0 Å². The lowest BCUT2D eigenvalue weighted by Gasteiger charge is -2.25. The van der Waals surface area contributed by atoms with Crippen molar-refractivity contribution in [1.82, 2.24) is 0 Å². The Hall–Kier alpha value is -0.100. The molecule has 0 amide bonds. The van der Waals surface area contributed by atoms with Crippen molar-refractivity contribution >= 4 is 35.0 Å². The Morgan fingerprint density at radius 1 is 1.33 bits per heavy atom. The summed E-state index contributed by atoms with van der Waals surface area (Å²) in [5, 5.41) is -1.12. The van der Waals surface area contributed by atoms with Crippen molar-refractivity contribution in [3.63, 3.8) is 0 Å². The molecule has 0 saturated carbocycles. The second-order valence-electron chi connectivity index (χ2n) is 3.73. The van der Waals surface area contributed by atoms with E-state index in [-0.39, 0.29) is 16.3 Å². The Morgan fingerprint density at radius 3 is 2.44 bits per heavy atom. The van der Waals surface area contributed by atoms with Crippen molar-refractivity contribution < 1.29 is 13.2 Å². The maximum absolute atomic E-state index is 12.9. The molecule has 0 aliphatic heterocycles. The molecule has 0 fully saturated rings. The van der Waals surface area contributed by atoms with Gasteiger partial charge in [-0.1, -0.05) is 30.1 Å². The molecule has 0 radical (unpaired) electrons. The number of halogens is 5. The molecule has 102 valence electrons. The number of nitrogens with two attached hydrogens (primary N) is 1. The first kappa shape index (κ1) is 16.0. The summed E-state index contributed by atoms with van der Waals surface area (Å²) in [6.45, 7) is 1.61. The second kappa shape index (κ2) is 6.37. The molecule has 0 aromatic heterocycles. The summed E-state index contributed by atoms with van der Waals surface area (Å²) < 4.78 is 38.7. The Kier molecular flexibility index (Phi) is 5.65. The van der Waals surface area contributed by atoms with Gasteiger partial charge in [0.25, 0.3) is 0 Å². The molecule has 1 nitrogen and oxygen atoms in total. The van der Waals surface area contributed by atoms with E-state index >= 15 is 0 Å². The predicted octanol–water partition coefficient (Wildman–Crippen LogP) is 4.75. The van der Waals surface area contributed by atoms with Crippen molar-refractivity contribution in [3.8, 4) is 0 Å². The third-order valence-electron chi connectivity index (χ3n) is 2.33. The van der Waals surface area contributed by atoms with Gasteiger partial charge in [-0.15, -0.1) is 11.8 Å². The van der Waals surface area contributed by atoms with E-state index in [2.05, 4.69) is 0 Å². The zero-order valence-electron chi connectivity index (χ0n) is 9.47. The first-order valence-electron chi connectivity index (χ1n) is 5.19. The van der Waals surface area contributed by atoms with Crippen LogP contribution < -0.4 is 5.73 Å². The van der Waals surface area contributed by atoms with Crippen molar-refractivity contribution in [1.29, 1.82) is 0 Å². The van der Waals surface area contributed by atoms with Crippen LogP contribution >= 0.6 is 35.0 Å². The molecule has 2 unspecified atom stereocenters. The minimum atomic E-state index is -4.38. The van der Waals surface area contributed by atoms with Crippen LogP contribution in [0.4, 0.5) is 13.2 Å². The molecule has 0 aliphatic rings. The molecule has 0 spiro atoms. The predicted molar refractivity (Wildman–Crippen MR) is 70.4 cm³/mol. The van der Waals surface area contributed by atoms with Crippen LogP contribution in [0, 0.1) is 0 Å². The van der Waals surface area contributed by atoms with E-state index in [0.717, 1.165) is 0 Å². The molecule has 7 heteroatoms. The molecule has 0 heterocycles. The van der Waals surface area contributed by atoms with Crippen molar-refractivity contribution in [2.45, 2.75) is 35.7 Å². The summed E-state index contributed by atoms with van der Waals surface area (Å²) in [5.41, 5.74) is 5.52. The SMILES string of the molecule is CCC(N)C(Sc1cc(Cl)ccc1Cl)C(F)(F)F. The fraction of sp³-hybridized carbons (Fsp3) is 0.455. The lowest BCUT2D eigenvalue weighted by molar-refractivity contribution is -0.132. The van der Waals surface area contributed by atoms with Gasteiger partial charge in [0.05, 0.1) is 5.02 Å². The minimum absolute atomic E-state index is 0.232. The van der Waals surface area contributed by atoms with Crippen LogP contribution in [0.5, 0.6) is 0 Å². The summed E-state index contributed by atoms with van der Waals surface area (Å²) in [4.78, 5) is 0.287. The monoisotopic (exact) mass is 317 g/mol. The first-order valence-corrected chi connectivity index (χ1v) is 6.83. The first-order chi connectivity index (χ1) is 8.25. The third-order valence-corrected chi connectivity index (χ3v) is 4.47. The van der Waals surface area contributed by atoms with Gasteiger partial charge in [0, 0.05) is 16.0 Å². The van der Waals surface area contributed by atoms with Crippen molar-refractivity contribution in [2.75, 3.05) is 0 Å². The number of alkyl halides is 3. The number of benzene rings is 1. The van der Waals surface area contributed by atoms with Crippen LogP contribution in [-0.4, -0.2) is 17.5 Å². The van der Waals surface area contributed by atoms with E-state index in [1.165, 1.54) is 18.2 Å². The van der Waals surface area contributed by atoms with Gasteiger partial charge in [-0.3, -0.25) is 0 Å². The van der Waals surface area contributed by atoms with Gasteiger partial charge in [-0.05, 0) is 24.6 Å². The number of hydrogen-bond acceptors (Lipinski definition) is 2. The van der Waals surface area contributed by atoms with Gasteiger partial charge in [0.15, 0.2) is 0 Å². The summed E-state index contributed by atoms with van der Waals surface area (Å²) in [6, 6.07) is 3.42. The number of hydrogen-bond donors (Lipinski definition) is 1. The Morgan fingerprint density at radius 2 is 1.94 bits per heavy atom. The molecule has 1 rings (SSSR count). The zero-order chi connectivity index (χ0) is 13.9. The minimum Gasteiger partial charge on any atom is -0.326 e. The van der Waals surface area contributed by atoms with Gasteiger partial charge < -0.3 is 5.73 Å². The smallest absolute Gasteiger partial charge is 0.326 e. The normalized spacial score (nSPS) is 15.5. The Balaban J connectivity index is 3.00. The highest BCUT2D eigenvalue weighted by molar-refractivity contribution is 8.00. The van der Waals surface area contributed by atoms with Crippen LogP contribution in [-0.2, 0) is 0 Å². The summed E-state index contributed by atoms with van der Waals surface area (Å²) in [7, 11) is 0. The maximum atomic E-state index is 12.9. The largest absolute Gasteiger partial charge is 0.402 e. The molecule has 1 aromatic carbocycles. The second-order valence-corrected chi connectivity index (χ2v) is 5.75. The maximum Gasteiger partial charge on any atom is 0.402 e. The topological polar surface area (TPSA) is 26.0 Å². The Labute approximate surface area is 118 Å². The van der Waals surface area contributed by atoms with Gasteiger partial charge in [0.1, 0.15) is 5.25 Å². The molecule has 2 atom stereocenters. The van der Waals surface area contributed by atoms with Crippen LogP contribution in [0.1, 0.15) is 13.3 Å². The fourth-order valence-corrected chi connectivity index (χ4v) is 2.95. The van der Waals surface area contributed by atoms with Crippen LogP contribution in [0.3, 0.4) is 0 Å². The fourth-order valence-electron chi connectivity index (χ4n) is 1.32. The third kappa shape index (κ3) is 4.23. The van der Waals surface area contributed by atoms with Crippen molar-refractivity contribution in [2.24, 2.45) is 5.73 Å². The Bertz CT molecular complexity index is 412. The van der Waals surface area contributed by atoms with Crippen LogP contribution in [0.25, 0.3) is 0 Å². The highest BCUT2D eigenvalue weighted by Crippen LogP contribution is 2.40. The highest BCUT2D eigenvalue weighted by Gasteiger charge is 2.43. The van der Waals surface area contributed by atoms with Crippen molar-refractivity contribution in [3.05, 3.63) is 28.2 Å². The zero-order valence-corrected chi connectivity index (χ0v) is 11.8. The van der Waals surface area contributed by atoms with Crippen LogP contribution in [0.2, 0.25) is 10.0 Å². The van der Waals surface area contributed by atoms with Gasteiger partial charge >= 0.3 is 6.18 Å². The molecular weight excluding hydrogens is 306 g/mol. The van der Waals surface area contributed by atoms with Gasteiger partial charge in [-0.25, -0.2) is 0 Å². The van der Waals surface area contributed by atoms with Gasteiger partial charge in [-0.2, -0.15) is 13.2 Å². The van der Waals surface area contributed by atoms with Crippen LogP contribution in [0.15, 0.2) is 23.1 Å². The average Bonchev–Trinajstić information content (AvgIpc) is 2.27. The summed E-state index contributed by atoms with van der Waals surface area (Å²) in [5.74, 6) is 0.